The van der Waals surface area contributed by atoms with Gasteiger partial charge in [0.2, 0.25) is 5.91 Å². The molecular weight excluding hydrogens is 616 g/mol. The number of ether oxygens (including phenoxy) is 1. The quantitative estimate of drug-likeness (QED) is 0.264. The average Bonchev–Trinajstić information content (AvgIpc) is 3.58. The Bertz CT molecular complexity index is 1760. The Labute approximate surface area is 288 Å². The highest BCUT2D eigenvalue weighted by atomic mass is 16.5. The Morgan fingerprint density at radius 2 is 1.61 bits per heavy atom. The molecule has 49 heavy (non-hydrogen) atoms. The van der Waals surface area contributed by atoms with E-state index in [1.807, 2.05) is 30.3 Å². The van der Waals surface area contributed by atoms with E-state index < -0.39 is 11.7 Å². The number of carbonyl (C=O) groups excluding carboxylic acids is 2. The van der Waals surface area contributed by atoms with Crippen LogP contribution < -0.4 is 16.3 Å². The van der Waals surface area contributed by atoms with E-state index in [0.717, 1.165) is 74.5 Å². The molecule has 5 aliphatic rings. The average molecular weight is 665 g/mol. The van der Waals surface area contributed by atoms with Gasteiger partial charge in [-0.15, -0.1) is 0 Å². The number of nitrogens with one attached hydrogen (secondary N) is 2. The van der Waals surface area contributed by atoms with Crippen LogP contribution >= 0.6 is 0 Å². The molecule has 8 rings (SSSR count). The van der Waals surface area contributed by atoms with Crippen molar-refractivity contribution < 1.29 is 23.8 Å². The zero-order chi connectivity index (χ0) is 34.0. The van der Waals surface area contributed by atoms with E-state index >= 15 is 0 Å². The van der Waals surface area contributed by atoms with Crippen molar-refractivity contribution in [1.82, 2.24) is 10.6 Å². The summed E-state index contributed by atoms with van der Waals surface area (Å²) in [5, 5.41) is 18.4. The predicted molar refractivity (Wildman–Crippen MR) is 186 cm³/mol. The maximum Gasteiger partial charge on any atom is 0.407 e. The first-order chi connectivity index (χ1) is 23.6. The molecular formula is C41H48N2O6. The number of hydrogen-bond acceptors (Lipinski definition) is 6. The van der Waals surface area contributed by atoms with Crippen LogP contribution in [-0.4, -0.2) is 41.9 Å². The van der Waals surface area contributed by atoms with Crippen LogP contribution in [0.15, 0.2) is 76.1 Å². The number of carbonyl (C=O) groups is 2. The predicted octanol–water partition coefficient (Wildman–Crippen LogP) is 6.90. The van der Waals surface area contributed by atoms with Crippen molar-refractivity contribution in [1.29, 1.82) is 0 Å². The smallest absolute Gasteiger partial charge is 0.407 e. The second kappa shape index (κ2) is 12.1. The molecule has 8 nitrogen and oxygen atoms in total. The summed E-state index contributed by atoms with van der Waals surface area (Å²) in [6, 6.07) is 19.9. The van der Waals surface area contributed by atoms with Crippen molar-refractivity contribution in [3.63, 3.8) is 0 Å². The van der Waals surface area contributed by atoms with Crippen LogP contribution in [0.3, 0.4) is 0 Å². The van der Waals surface area contributed by atoms with Crippen LogP contribution in [0.2, 0.25) is 0 Å². The Kier molecular flexibility index (Phi) is 8.01. The molecule has 8 heteroatoms. The summed E-state index contributed by atoms with van der Waals surface area (Å²) >= 11 is 0. The van der Waals surface area contributed by atoms with Gasteiger partial charge in [0.1, 0.15) is 13.2 Å². The van der Waals surface area contributed by atoms with Crippen LogP contribution in [0.4, 0.5) is 4.79 Å². The summed E-state index contributed by atoms with van der Waals surface area (Å²) < 4.78 is 10.9. The highest BCUT2D eigenvalue weighted by molar-refractivity contribution is 5.82. The largest absolute Gasteiger partial charge is 0.449 e. The SMILES string of the molecule is C[C@]12CC[C@H](NC(=O)CNC(=O)OCC3c4ccccc4-c4ccccc43)C[C@H]1CC[C@@H]1[C@@H]2CC[C@]2(C)[C@@H](c3ccc(=O)oc3)CC[C@]12O. The maximum atomic E-state index is 13.0. The summed E-state index contributed by atoms with van der Waals surface area (Å²) in [5.74, 6) is 1.15. The molecule has 4 fully saturated rings. The molecule has 0 bridgehead atoms. The van der Waals surface area contributed by atoms with Gasteiger partial charge in [-0.3, -0.25) is 4.79 Å². The van der Waals surface area contributed by atoms with Gasteiger partial charge in [-0.2, -0.15) is 0 Å². The lowest BCUT2D eigenvalue weighted by Gasteiger charge is -2.63. The molecule has 3 aromatic rings. The number of amides is 2. The monoisotopic (exact) mass is 664 g/mol. The Hall–Kier alpha value is -3.91. The highest BCUT2D eigenvalue weighted by Gasteiger charge is 2.67. The molecule has 2 aromatic carbocycles. The molecule has 0 spiro atoms. The fourth-order valence-corrected chi connectivity index (χ4v) is 11.5. The van der Waals surface area contributed by atoms with Gasteiger partial charge < -0.3 is 24.9 Å². The van der Waals surface area contributed by atoms with E-state index in [4.69, 9.17) is 9.15 Å². The van der Waals surface area contributed by atoms with Gasteiger partial charge in [-0.05, 0) is 121 Å². The van der Waals surface area contributed by atoms with Crippen LogP contribution in [0.5, 0.6) is 0 Å². The Morgan fingerprint density at radius 3 is 2.33 bits per heavy atom. The lowest BCUT2D eigenvalue weighted by atomic mass is 9.43. The van der Waals surface area contributed by atoms with Crippen LogP contribution in [0.1, 0.15) is 100 Å². The molecule has 5 aliphatic carbocycles. The van der Waals surface area contributed by atoms with Gasteiger partial charge in [0.25, 0.3) is 0 Å². The highest BCUT2D eigenvalue weighted by Crippen LogP contribution is 2.70. The third-order valence-corrected chi connectivity index (χ3v) is 14.1. The van der Waals surface area contributed by atoms with Crippen LogP contribution in [-0.2, 0) is 9.53 Å². The molecule has 1 aromatic heterocycles. The number of benzene rings is 2. The minimum Gasteiger partial charge on any atom is -0.449 e. The third-order valence-electron chi connectivity index (χ3n) is 14.1. The summed E-state index contributed by atoms with van der Waals surface area (Å²) in [6.45, 7) is 4.81. The van der Waals surface area contributed by atoms with E-state index in [1.54, 1.807) is 6.26 Å². The van der Waals surface area contributed by atoms with Gasteiger partial charge in [0, 0.05) is 23.4 Å². The zero-order valence-electron chi connectivity index (χ0n) is 28.6. The maximum absolute atomic E-state index is 13.0. The molecule has 8 atom stereocenters. The van der Waals surface area contributed by atoms with E-state index in [-0.39, 0.29) is 59.3 Å². The molecule has 258 valence electrons. The molecule has 0 radical (unpaired) electrons. The molecule has 1 heterocycles. The lowest BCUT2D eigenvalue weighted by Crippen LogP contribution is -2.62. The summed E-state index contributed by atoms with van der Waals surface area (Å²) in [6.07, 6.45) is 9.64. The first-order valence-electron chi connectivity index (χ1n) is 18.3. The van der Waals surface area contributed by atoms with Gasteiger partial charge >= 0.3 is 11.7 Å². The molecule has 0 aliphatic heterocycles. The number of fused-ring (bicyclic) bond motifs is 8. The zero-order valence-corrected chi connectivity index (χ0v) is 28.6. The van der Waals surface area contributed by atoms with E-state index in [2.05, 4.69) is 48.7 Å². The summed E-state index contributed by atoms with van der Waals surface area (Å²) in [5.41, 5.74) is 4.49. The van der Waals surface area contributed by atoms with E-state index in [0.29, 0.717) is 11.8 Å². The molecule has 3 N–H and O–H groups in total. The van der Waals surface area contributed by atoms with Crippen molar-refractivity contribution in [2.75, 3.05) is 13.2 Å². The first-order valence-corrected chi connectivity index (χ1v) is 18.3. The standard InChI is InChI=1S/C41H48N2O6/c1-39-18-15-27(43-36(44)22-42-38(46)49-24-32-30-9-5-3-7-28(30)29-8-4-6-10-31(29)32)21-26(39)12-13-35-34(39)16-19-40(2)33(17-20-41(35,40)47)25-11-14-37(45)48-23-25/h3-11,14,23,26-27,32-35,47H,12-13,15-22,24H2,1-2H3,(H,42,46)(H,43,44)/t26-,27+,33-,34+,35-,39+,40-,41+/m1/s1. The number of alkyl carbamates (subject to hydrolysis) is 1. The first kappa shape index (κ1) is 32.3. The van der Waals surface area contributed by atoms with Crippen molar-refractivity contribution in [3.8, 4) is 11.1 Å². The van der Waals surface area contributed by atoms with E-state index in [1.165, 1.54) is 17.2 Å². The molecule has 0 unspecified atom stereocenters. The fourth-order valence-electron chi connectivity index (χ4n) is 11.5. The van der Waals surface area contributed by atoms with Gasteiger partial charge in [0.05, 0.1) is 11.9 Å². The second-order valence-electron chi connectivity index (χ2n) is 16.1. The topological polar surface area (TPSA) is 118 Å². The number of aliphatic hydroxyl groups is 1. The number of hydrogen-bond donors (Lipinski definition) is 3. The molecule has 2 amide bonds. The van der Waals surface area contributed by atoms with Crippen molar-refractivity contribution in [3.05, 3.63) is 94.0 Å². The van der Waals surface area contributed by atoms with Crippen molar-refractivity contribution >= 4 is 12.0 Å². The van der Waals surface area contributed by atoms with Gasteiger partial charge in [-0.25, -0.2) is 9.59 Å². The minimum absolute atomic E-state index is 0.0275. The van der Waals surface area contributed by atoms with Crippen molar-refractivity contribution in [2.45, 2.75) is 95.1 Å². The fraction of sp³-hybridized carbons (Fsp3) is 0.537. The third kappa shape index (κ3) is 5.24. The summed E-state index contributed by atoms with van der Waals surface area (Å²) in [4.78, 5) is 37.3. The molecule has 4 saturated carbocycles. The summed E-state index contributed by atoms with van der Waals surface area (Å²) in [7, 11) is 0. The molecule has 0 saturated heterocycles. The Balaban J connectivity index is 0.846. The van der Waals surface area contributed by atoms with Gasteiger partial charge in [-0.1, -0.05) is 62.4 Å². The van der Waals surface area contributed by atoms with E-state index in [9.17, 15) is 19.5 Å². The normalized spacial score (nSPS) is 34.5. The van der Waals surface area contributed by atoms with Crippen molar-refractivity contribution in [2.24, 2.45) is 28.6 Å². The second-order valence-corrected chi connectivity index (χ2v) is 16.1. The lowest BCUT2D eigenvalue weighted by molar-refractivity contribution is -0.202. The van der Waals surface area contributed by atoms with Crippen LogP contribution in [0, 0.1) is 28.6 Å². The Morgan fingerprint density at radius 1 is 0.878 bits per heavy atom. The van der Waals surface area contributed by atoms with Crippen LogP contribution in [0.25, 0.3) is 11.1 Å². The van der Waals surface area contributed by atoms with Gasteiger partial charge in [0.15, 0.2) is 0 Å². The minimum atomic E-state index is -0.736. The number of rotatable bonds is 6.